The molecule has 0 fully saturated rings. The molecule has 3 nitrogen and oxygen atoms in total. The molecule has 0 bridgehead atoms. The van der Waals surface area contributed by atoms with Crippen LogP contribution in [-0.4, -0.2) is 16.7 Å². The molecule has 7 rings (SSSR count). The van der Waals surface area contributed by atoms with E-state index >= 15 is 0 Å². The number of aromatic nitrogens is 2. The SMILES string of the molecule is COc1ccccc1-c1cc(-c2ccccc2-n2c3ccccc3c3ccccc32)cc(-c2cccc(Br)c2)n1. The van der Waals surface area contributed by atoms with Crippen molar-refractivity contribution in [2.75, 3.05) is 7.11 Å². The van der Waals surface area contributed by atoms with E-state index in [1.807, 2.05) is 30.3 Å². The molecular formula is C36H25BrN2O. The highest BCUT2D eigenvalue weighted by molar-refractivity contribution is 9.10. The highest BCUT2D eigenvalue weighted by atomic mass is 79.9. The first-order valence-corrected chi connectivity index (χ1v) is 14.0. The summed E-state index contributed by atoms with van der Waals surface area (Å²) in [5, 5.41) is 2.49. The zero-order chi connectivity index (χ0) is 27.1. The monoisotopic (exact) mass is 580 g/mol. The number of fused-ring (bicyclic) bond motifs is 3. The third kappa shape index (κ3) is 4.18. The van der Waals surface area contributed by atoms with Crippen molar-refractivity contribution >= 4 is 37.7 Å². The van der Waals surface area contributed by atoms with E-state index in [1.54, 1.807) is 7.11 Å². The first kappa shape index (κ1) is 24.4. The van der Waals surface area contributed by atoms with Gasteiger partial charge in [0.1, 0.15) is 5.75 Å². The van der Waals surface area contributed by atoms with Crippen molar-refractivity contribution in [3.8, 4) is 45.1 Å². The quantitative estimate of drug-likeness (QED) is 0.202. The van der Waals surface area contributed by atoms with Crippen molar-refractivity contribution in [3.05, 3.63) is 138 Å². The van der Waals surface area contributed by atoms with Crippen LogP contribution in [0.3, 0.4) is 0 Å². The highest BCUT2D eigenvalue weighted by Crippen LogP contribution is 2.39. The number of halogens is 1. The zero-order valence-corrected chi connectivity index (χ0v) is 23.5. The lowest BCUT2D eigenvalue weighted by molar-refractivity contribution is 0.416. The molecule has 0 saturated carbocycles. The van der Waals surface area contributed by atoms with Gasteiger partial charge in [-0.3, -0.25) is 0 Å². The first-order valence-electron chi connectivity index (χ1n) is 13.2. The van der Waals surface area contributed by atoms with Crippen molar-refractivity contribution in [2.24, 2.45) is 0 Å². The number of hydrogen-bond acceptors (Lipinski definition) is 2. The van der Waals surface area contributed by atoms with Gasteiger partial charge in [-0.2, -0.15) is 0 Å². The van der Waals surface area contributed by atoms with Gasteiger partial charge in [-0.1, -0.05) is 94.8 Å². The molecule has 0 unspecified atom stereocenters. The van der Waals surface area contributed by atoms with Crippen LogP contribution in [0.25, 0.3) is 61.1 Å². The lowest BCUT2D eigenvalue weighted by Crippen LogP contribution is -1.98. The van der Waals surface area contributed by atoms with Crippen LogP contribution in [0.2, 0.25) is 0 Å². The van der Waals surface area contributed by atoms with Gasteiger partial charge < -0.3 is 9.30 Å². The molecule has 0 radical (unpaired) electrons. The summed E-state index contributed by atoms with van der Waals surface area (Å²) in [5.41, 5.74) is 9.46. The van der Waals surface area contributed by atoms with Gasteiger partial charge in [0, 0.05) is 31.9 Å². The molecule has 0 amide bonds. The molecule has 0 aliphatic rings. The number of methoxy groups -OCH3 is 1. The van der Waals surface area contributed by atoms with E-state index < -0.39 is 0 Å². The second-order valence-electron chi connectivity index (χ2n) is 9.72. The molecule has 7 aromatic rings. The Kier molecular flexibility index (Phi) is 6.18. The van der Waals surface area contributed by atoms with Crippen molar-refractivity contribution in [1.82, 2.24) is 9.55 Å². The molecule has 2 aromatic heterocycles. The molecule has 4 heteroatoms. The predicted molar refractivity (Wildman–Crippen MR) is 169 cm³/mol. The number of para-hydroxylation sites is 4. The number of ether oxygens (including phenoxy) is 1. The topological polar surface area (TPSA) is 27.1 Å². The Bertz CT molecular complexity index is 1970. The average Bonchev–Trinajstić information content (AvgIpc) is 3.35. The lowest BCUT2D eigenvalue weighted by atomic mass is 9.98. The molecule has 0 aliphatic heterocycles. The minimum atomic E-state index is 0.794. The lowest BCUT2D eigenvalue weighted by Gasteiger charge is -2.16. The van der Waals surface area contributed by atoms with Crippen LogP contribution in [0.1, 0.15) is 0 Å². The number of hydrogen-bond donors (Lipinski definition) is 0. The molecule has 40 heavy (non-hydrogen) atoms. The van der Waals surface area contributed by atoms with Crippen molar-refractivity contribution < 1.29 is 4.74 Å². The van der Waals surface area contributed by atoms with E-state index in [-0.39, 0.29) is 0 Å². The average molecular weight is 582 g/mol. The summed E-state index contributed by atoms with van der Waals surface area (Å²) < 4.78 is 9.13. The number of pyridine rings is 1. The number of benzene rings is 5. The van der Waals surface area contributed by atoms with Crippen molar-refractivity contribution in [1.29, 1.82) is 0 Å². The fourth-order valence-corrected chi connectivity index (χ4v) is 5.97. The van der Waals surface area contributed by atoms with E-state index in [0.717, 1.165) is 49.6 Å². The Morgan fingerprint density at radius 2 is 1.20 bits per heavy atom. The fourth-order valence-electron chi connectivity index (χ4n) is 5.57. The van der Waals surface area contributed by atoms with E-state index in [1.165, 1.54) is 21.8 Å². The van der Waals surface area contributed by atoms with Crippen LogP contribution in [0.5, 0.6) is 5.75 Å². The Morgan fingerprint density at radius 3 is 1.93 bits per heavy atom. The van der Waals surface area contributed by atoms with Gasteiger partial charge in [-0.05, 0) is 60.2 Å². The third-order valence-electron chi connectivity index (χ3n) is 7.36. The second-order valence-corrected chi connectivity index (χ2v) is 10.6. The molecule has 0 atom stereocenters. The Morgan fingerprint density at radius 1 is 0.575 bits per heavy atom. The van der Waals surface area contributed by atoms with Crippen molar-refractivity contribution in [2.45, 2.75) is 0 Å². The van der Waals surface area contributed by atoms with Gasteiger partial charge in [0.05, 0.1) is 35.2 Å². The maximum atomic E-state index is 5.74. The van der Waals surface area contributed by atoms with Crippen LogP contribution in [0.4, 0.5) is 0 Å². The second kappa shape index (κ2) is 10.1. The van der Waals surface area contributed by atoms with Gasteiger partial charge >= 0.3 is 0 Å². The minimum absolute atomic E-state index is 0.794. The van der Waals surface area contributed by atoms with Crippen LogP contribution in [-0.2, 0) is 0 Å². The summed E-state index contributed by atoms with van der Waals surface area (Å²) in [5.74, 6) is 0.794. The summed E-state index contributed by atoms with van der Waals surface area (Å²) >= 11 is 3.64. The van der Waals surface area contributed by atoms with Crippen LogP contribution in [0.15, 0.2) is 138 Å². The predicted octanol–water partition coefficient (Wildman–Crippen LogP) is 9.95. The third-order valence-corrected chi connectivity index (χ3v) is 7.86. The van der Waals surface area contributed by atoms with Gasteiger partial charge in [-0.25, -0.2) is 4.98 Å². The maximum Gasteiger partial charge on any atom is 0.128 e. The summed E-state index contributed by atoms with van der Waals surface area (Å²) in [6, 6.07) is 46.6. The first-order chi connectivity index (χ1) is 19.7. The molecule has 0 saturated heterocycles. The van der Waals surface area contributed by atoms with Crippen molar-refractivity contribution in [3.63, 3.8) is 0 Å². The number of nitrogens with zero attached hydrogens (tertiary/aromatic N) is 2. The smallest absolute Gasteiger partial charge is 0.128 e. The summed E-state index contributed by atoms with van der Waals surface area (Å²) in [7, 11) is 1.70. The summed E-state index contributed by atoms with van der Waals surface area (Å²) in [6.07, 6.45) is 0. The maximum absolute atomic E-state index is 5.74. The van der Waals surface area contributed by atoms with Gasteiger partial charge in [-0.15, -0.1) is 0 Å². The van der Waals surface area contributed by atoms with Gasteiger partial charge in [0.15, 0.2) is 0 Å². The van der Waals surface area contributed by atoms with Crippen LogP contribution < -0.4 is 4.74 Å². The summed E-state index contributed by atoms with van der Waals surface area (Å²) in [4.78, 5) is 5.13. The van der Waals surface area contributed by atoms with E-state index in [4.69, 9.17) is 9.72 Å². The number of rotatable bonds is 5. The molecule has 2 heterocycles. The Balaban J connectivity index is 1.52. The fraction of sp³-hybridized carbons (Fsp3) is 0.0278. The van der Waals surface area contributed by atoms with Gasteiger partial charge in [0.25, 0.3) is 0 Å². The molecule has 0 aliphatic carbocycles. The largest absolute Gasteiger partial charge is 0.496 e. The molecule has 0 N–H and O–H groups in total. The van der Waals surface area contributed by atoms with Crippen LogP contribution in [0, 0.1) is 0 Å². The van der Waals surface area contributed by atoms with E-state index in [0.29, 0.717) is 0 Å². The molecule has 5 aromatic carbocycles. The molecule has 0 spiro atoms. The van der Waals surface area contributed by atoms with Gasteiger partial charge in [0.2, 0.25) is 0 Å². The zero-order valence-electron chi connectivity index (χ0n) is 21.9. The summed E-state index contributed by atoms with van der Waals surface area (Å²) in [6.45, 7) is 0. The Labute approximate surface area is 241 Å². The van der Waals surface area contributed by atoms with E-state index in [2.05, 4.69) is 124 Å². The molecule has 192 valence electrons. The minimum Gasteiger partial charge on any atom is -0.496 e. The van der Waals surface area contributed by atoms with Crippen LogP contribution >= 0.6 is 15.9 Å². The normalized spacial score (nSPS) is 11.2. The Hall–Kier alpha value is -4.67. The molecular weight excluding hydrogens is 556 g/mol. The standard InChI is InChI=1S/C36H25BrN2O/c1-40-36-20-9-5-16-30(36)32-23-25(22-31(38-32)24-11-10-12-26(37)21-24)27-13-2-6-17-33(27)39-34-18-7-3-14-28(34)29-15-4-8-19-35(29)39/h2-23H,1H3. The highest BCUT2D eigenvalue weighted by Gasteiger charge is 2.17. The van der Waals surface area contributed by atoms with E-state index in [9.17, 15) is 0 Å².